The second-order valence-corrected chi connectivity index (χ2v) is 9.12. The molecule has 2 rings (SSSR count). The van der Waals surface area contributed by atoms with E-state index in [0.29, 0.717) is 5.92 Å². The Morgan fingerprint density at radius 2 is 1.93 bits per heavy atom. The van der Waals surface area contributed by atoms with Gasteiger partial charge in [-0.05, 0) is 37.8 Å². The average molecular weight is 412 g/mol. The highest BCUT2D eigenvalue weighted by molar-refractivity contribution is 7.90. The van der Waals surface area contributed by atoms with E-state index in [1.54, 1.807) is 0 Å². The Labute approximate surface area is 163 Å². The van der Waals surface area contributed by atoms with Crippen molar-refractivity contribution in [3.8, 4) is 0 Å². The first-order valence-corrected chi connectivity index (χ1v) is 10.9. The Bertz CT molecular complexity index is 882. The van der Waals surface area contributed by atoms with Crippen molar-refractivity contribution in [1.82, 2.24) is 5.32 Å². The minimum Gasteiger partial charge on any atom is -0.449 e. The lowest BCUT2D eigenvalue weighted by Gasteiger charge is -2.30. The first-order chi connectivity index (χ1) is 13.0. The largest absolute Gasteiger partial charge is 0.449 e. The van der Waals surface area contributed by atoms with Crippen molar-refractivity contribution in [2.24, 2.45) is 5.92 Å². The van der Waals surface area contributed by atoms with Crippen LogP contribution in [0, 0.1) is 16.0 Å². The van der Waals surface area contributed by atoms with Gasteiger partial charge in [0.25, 0.3) is 11.6 Å². The molecule has 1 fully saturated rings. The van der Waals surface area contributed by atoms with E-state index in [0.717, 1.165) is 50.1 Å². The van der Waals surface area contributed by atoms with Crippen LogP contribution in [-0.2, 0) is 19.4 Å². The molecule has 0 saturated heterocycles. The summed E-state index contributed by atoms with van der Waals surface area (Å²) in [6.45, 7) is 3.48. The number of carbonyl (C=O) groups excluding carboxylic acids is 2. The maximum Gasteiger partial charge on any atom is 0.339 e. The summed E-state index contributed by atoms with van der Waals surface area (Å²) in [5.74, 6) is -1.04. The molecule has 1 saturated carbocycles. The van der Waals surface area contributed by atoms with Crippen LogP contribution in [0.1, 0.15) is 49.9 Å². The Morgan fingerprint density at radius 1 is 1.29 bits per heavy atom. The molecular formula is C18H24N2O7S. The predicted molar refractivity (Wildman–Crippen MR) is 101 cm³/mol. The van der Waals surface area contributed by atoms with Gasteiger partial charge in [-0.1, -0.05) is 19.8 Å². The van der Waals surface area contributed by atoms with Crippen molar-refractivity contribution in [3.63, 3.8) is 0 Å². The quantitative estimate of drug-likeness (QED) is 0.430. The molecule has 1 aromatic rings. The van der Waals surface area contributed by atoms with Crippen molar-refractivity contribution < 1.29 is 27.7 Å². The fourth-order valence-corrected chi connectivity index (χ4v) is 4.04. The maximum absolute atomic E-state index is 12.3. The molecule has 0 heterocycles. The summed E-state index contributed by atoms with van der Waals surface area (Å²) in [5.41, 5.74) is -0.921. The number of nitrogens with zero attached hydrogens (tertiary/aromatic N) is 1. The monoisotopic (exact) mass is 412 g/mol. The second kappa shape index (κ2) is 8.68. The van der Waals surface area contributed by atoms with Gasteiger partial charge in [-0.3, -0.25) is 14.9 Å². The molecule has 1 amide bonds. The number of benzene rings is 1. The summed E-state index contributed by atoms with van der Waals surface area (Å²) in [6, 6.07) is 2.97. The normalized spacial score (nSPS) is 20.8. The van der Waals surface area contributed by atoms with E-state index < -0.39 is 43.3 Å². The highest BCUT2D eigenvalue weighted by atomic mass is 32.2. The van der Waals surface area contributed by atoms with Gasteiger partial charge in [0.2, 0.25) is 0 Å². The third-order valence-corrected chi connectivity index (χ3v) is 6.03. The summed E-state index contributed by atoms with van der Waals surface area (Å²) in [5, 5.41) is 14.0. The van der Waals surface area contributed by atoms with Gasteiger partial charge in [-0.25, -0.2) is 13.2 Å². The van der Waals surface area contributed by atoms with Gasteiger partial charge < -0.3 is 10.1 Å². The van der Waals surface area contributed by atoms with Gasteiger partial charge in [-0.2, -0.15) is 0 Å². The zero-order chi connectivity index (χ0) is 21.1. The SMILES string of the molecule is C[C@@H]1CCCC[C@@H]1NC(=O)[C@@H](C)OC(=O)c1ccc(S(C)(=O)=O)c([N+](=O)[O-])c1. The average Bonchev–Trinajstić information content (AvgIpc) is 2.62. The number of esters is 1. The minimum atomic E-state index is -3.84. The number of nitrogens with one attached hydrogen (secondary N) is 1. The second-order valence-electron chi connectivity index (χ2n) is 7.14. The van der Waals surface area contributed by atoms with E-state index in [2.05, 4.69) is 12.2 Å². The number of nitro groups is 1. The Kier molecular flexibility index (Phi) is 6.76. The van der Waals surface area contributed by atoms with Crippen LogP contribution in [-0.4, -0.2) is 43.6 Å². The molecule has 0 aromatic heterocycles. The van der Waals surface area contributed by atoms with Crippen LogP contribution in [0.2, 0.25) is 0 Å². The molecule has 1 N–H and O–H groups in total. The molecule has 1 aliphatic rings. The summed E-state index contributed by atoms with van der Waals surface area (Å²) in [7, 11) is -3.84. The zero-order valence-corrected chi connectivity index (χ0v) is 16.8. The van der Waals surface area contributed by atoms with Gasteiger partial charge >= 0.3 is 5.97 Å². The number of hydrogen-bond acceptors (Lipinski definition) is 7. The van der Waals surface area contributed by atoms with Crippen LogP contribution in [0.25, 0.3) is 0 Å². The number of hydrogen-bond donors (Lipinski definition) is 1. The van der Waals surface area contributed by atoms with Crippen LogP contribution >= 0.6 is 0 Å². The maximum atomic E-state index is 12.3. The number of rotatable bonds is 6. The van der Waals surface area contributed by atoms with Crippen molar-refractivity contribution in [3.05, 3.63) is 33.9 Å². The van der Waals surface area contributed by atoms with E-state index in [1.165, 1.54) is 6.92 Å². The van der Waals surface area contributed by atoms with E-state index in [9.17, 15) is 28.1 Å². The molecule has 9 nitrogen and oxygen atoms in total. The molecule has 0 bridgehead atoms. The molecular weight excluding hydrogens is 388 g/mol. The lowest BCUT2D eigenvalue weighted by molar-refractivity contribution is -0.387. The van der Waals surface area contributed by atoms with Gasteiger partial charge in [0.05, 0.1) is 10.5 Å². The highest BCUT2D eigenvalue weighted by Gasteiger charge is 2.28. The summed E-state index contributed by atoms with van der Waals surface area (Å²) < 4.78 is 28.4. The van der Waals surface area contributed by atoms with E-state index in [4.69, 9.17) is 4.74 Å². The lowest BCUT2D eigenvalue weighted by atomic mass is 9.86. The van der Waals surface area contributed by atoms with Gasteiger partial charge in [-0.15, -0.1) is 0 Å². The topological polar surface area (TPSA) is 133 Å². The summed E-state index contributed by atoms with van der Waals surface area (Å²) in [4.78, 5) is 34.4. The van der Waals surface area contributed by atoms with Crippen molar-refractivity contribution >= 4 is 27.4 Å². The van der Waals surface area contributed by atoms with E-state index >= 15 is 0 Å². The molecule has 1 aliphatic carbocycles. The van der Waals surface area contributed by atoms with Gasteiger partial charge in [0, 0.05) is 18.4 Å². The van der Waals surface area contributed by atoms with Crippen LogP contribution in [0.3, 0.4) is 0 Å². The molecule has 0 spiro atoms. The summed E-state index contributed by atoms with van der Waals surface area (Å²) >= 11 is 0. The molecule has 10 heteroatoms. The number of ether oxygens (including phenoxy) is 1. The minimum absolute atomic E-state index is 0.0255. The Balaban J connectivity index is 2.10. The van der Waals surface area contributed by atoms with Gasteiger partial charge in [0.15, 0.2) is 15.9 Å². The van der Waals surface area contributed by atoms with Gasteiger partial charge in [0.1, 0.15) is 4.90 Å². The van der Waals surface area contributed by atoms with E-state index in [1.807, 2.05) is 0 Å². The smallest absolute Gasteiger partial charge is 0.339 e. The number of amides is 1. The summed E-state index contributed by atoms with van der Waals surface area (Å²) in [6.07, 6.45) is 3.80. The van der Waals surface area contributed by atoms with Crippen LogP contribution < -0.4 is 5.32 Å². The first kappa shape index (κ1) is 21.8. The molecule has 0 unspecified atom stereocenters. The Hall–Kier alpha value is -2.49. The predicted octanol–water partition coefficient (Wildman–Crippen LogP) is 2.24. The third-order valence-electron chi connectivity index (χ3n) is 4.88. The fourth-order valence-electron chi connectivity index (χ4n) is 3.21. The lowest BCUT2D eigenvalue weighted by Crippen LogP contribution is -2.46. The van der Waals surface area contributed by atoms with Crippen molar-refractivity contribution in [2.75, 3.05) is 6.26 Å². The molecule has 1 aromatic carbocycles. The van der Waals surface area contributed by atoms with Crippen molar-refractivity contribution in [1.29, 1.82) is 0 Å². The van der Waals surface area contributed by atoms with Crippen LogP contribution in [0.15, 0.2) is 23.1 Å². The van der Waals surface area contributed by atoms with E-state index in [-0.39, 0.29) is 11.6 Å². The Morgan fingerprint density at radius 3 is 2.50 bits per heavy atom. The third kappa shape index (κ3) is 5.28. The fraction of sp³-hybridized carbons (Fsp3) is 0.556. The van der Waals surface area contributed by atoms with Crippen LogP contribution in [0.5, 0.6) is 0 Å². The first-order valence-electron chi connectivity index (χ1n) is 9.00. The molecule has 154 valence electrons. The zero-order valence-electron chi connectivity index (χ0n) is 16.0. The number of nitro benzene ring substituents is 1. The number of sulfone groups is 1. The number of carbonyl (C=O) groups is 2. The van der Waals surface area contributed by atoms with Crippen molar-refractivity contribution in [2.45, 2.75) is 56.6 Å². The molecule has 28 heavy (non-hydrogen) atoms. The molecule has 0 radical (unpaired) electrons. The molecule has 3 atom stereocenters. The standard InChI is InChI=1S/C18H24N2O7S/c1-11-6-4-5-7-14(11)19-17(21)12(2)27-18(22)13-8-9-16(28(3,25)26)15(10-13)20(23)24/h8-12,14H,4-7H2,1-3H3,(H,19,21)/t11-,12-,14+/m1/s1. The highest BCUT2D eigenvalue weighted by Crippen LogP contribution is 2.26. The van der Waals surface area contributed by atoms with Crippen LogP contribution in [0.4, 0.5) is 5.69 Å². The molecule has 0 aliphatic heterocycles.